The Bertz CT molecular complexity index is 599. The minimum atomic E-state index is -0.789. The van der Waals surface area contributed by atoms with E-state index in [1.54, 1.807) is 14.0 Å². The fourth-order valence-electron chi connectivity index (χ4n) is 2.01. The lowest BCUT2D eigenvalue weighted by Gasteiger charge is -2.19. The summed E-state index contributed by atoms with van der Waals surface area (Å²) in [7, 11) is 1.55. The number of nitrogens with zero attached hydrogens (tertiary/aromatic N) is 1. The molecule has 0 aliphatic carbocycles. The predicted molar refractivity (Wildman–Crippen MR) is 66.2 cm³/mol. The zero-order valence-corrected chi connectivity index (χ0v) is 10.5. The monoisotopic (exact) mass is 266 g/mol. The third-order valence-electron chi connectivity index (χ3n) is 2.96. The zero-order valence-electron chi connectivity index (χ0n) is 10.5. The van der Waals surface area contributed by atoms with E-state index in [-0.39, 0.29) is 5.56 Å². The molecule has 2 aromatic rings. The molecule has 5 heteroatoms. The van der Waals surface area contributed by atoms with Crippen LogP contribution < -0.4 is 5.32 Å². The van der Waals surface area contributed by atoms with E-state index in [4.69, 9.17) is 0 Å². The Kier molecular flexibility index (Phi) is 3.85. The number of hydrogen-bond acceptors (Lipinski definition) is 2. The van der Waals surface area contributed by atoms with E-state index in [1.165, 1.54) is 24.4 Å². The van der Waals surface area contributed by atoms with Gasteiger partial charge in [-0.3, -0.25) is 4.98 Å². The molecule has 1 heterocycles. The first-order valence-corrected chi connectivity index (χ1v) is 5.76. The number of aryl methyl sites for hydroxylation is 1. The van der Waals surface area contributed by atoms with Gasteiger partial charge < -0.3 is 5.32 Å². The molecule has 2 rings (SSSR count). The highest BCUT2D eigenvalue weighted by molar-refractivity contribution is 5.35. The summed E-state index contributed by atoms with van der Waals surface area (Å²) in [6.07, 6.45) is 2.42. The van der Waals surface area contributed by atoms with Gasteiger partial charge in [-0.2, -0.15) is 0 Å². The maximum Gasteiger partial charge on any atom is 0.141 e. The number of benzene rings is 1. The summed E-state index contributed by atoms with van der Waals surface area (Å²) < 4.78 is 41.1. The molecule has 100 valence electrons. The van der Waals surface area contributed by atoms with Gasteiger partial charge in [0.25, 0.3) is 0 Å². The van der Waals surface area contributed by atoms with Crippen molar-refractivity contribution in [2.75, 3.05) is 7.05 Å². The largest absolute Gasteiger partial charge is 0.309 e. The second kappa shape index (κ2) is 5.40. The molecule has 0 saturated heterocycles. The van der Waals surface area contributed by atoms with Crippen LogP contribution in [0.2, 0.25) is 0 Å². The second-order valence-corrected chi connectivity index (χ2v) is 4.25. The molecule has 0 aliphatic rings. The lowest BCUT2D eigenvalue weighted by Crippen LogP contribution is -2.21. The Morgan fingerprint density at radius 2 is 1.89 bits per heavy atom. The highest BCUT2D eigenvalue weighted by Gasteiger charge is 2.22. The summed E-state index contributed by atoms with van der Waals surface area (Å²) >= 11 is 0. The van der Waals surface area contributed by atoms with Gasteiger partial charge in [-0.25, -0.2) is 13.2 Å². The van der Waals surface area contributed by atoms with Gasteiger partial charge in [-0.1, -0.05) is 6.07 Å². The van der Waals surface area contributed by atoms with Crippen LogP contribution in [0.5, 0.6) is 0 Å². The Hall–Kier alpha value is -1.88. The van der Waals surface area contributed by atoms with Crippen LogP contribution in [0.15, 0.2) is 30.6 Å². The lowest BCUT2D eigenvalue weighted by molar-refractivity contribution is 0.515. The molecule has 0 saturated carbocycles. The first-order valence-electron chi connectivity index (χ1n) is 5.76. The second-order valence-electron chi connectivity index (χ2n) is 4.25. The fraction of sp³-hybridized carbons (Fsp3) is 0.214. The van der Waals surface area contributed by atoms with Crippen LogP contribution in [0.4, 0.5) is 13.2 Å². The molecular weight excluding hydrogens is 253 g/mol. The van der Waals surface area contributed by atoms with Crippen molar-refractivity contribution in [1.82, 2.24) is 10.3 Å². The Balaban J connectivity index is 2.57. The van der Waals surface area contributed by atoms with Gasteiger partial charge in [0.05, 0.1) is 12.2 Å². The standard InChI is InChI=1S/C14H13F3N2/c1-8-3-4-11(16)12(13(8)17)14(18-2)9-5-10(15)7-19-6-9/h3-7,14,18H,1-2H3. The van der Waals surface area contributed by atoms with Gasteiger partial charge in [-0.05, 0) is 37.2 Å². The molecule has 1 unspecified atom stereocenters. The van der Waals surface area contributed by atoms with Gasteiger partial charge >= 0.3 is 0 Å². The normalized spacial score (nSPS) is 12.5. The molecule has 19 heavy (non-hydrogen) atoms. The minimum absolute atomic E-state index is 0.130. The summed E-state index contributed by atoms with van der Waals surface area (Å²) in [6, 6.07) is 2.98. The van der Waals surface area contributed by atoms with Crippen molar-refractivity contribution >= 4 is 0 Å². The summed E-state index contributed by atoms with van der Waals surface area (Å²) in [6.45, 7) is 1.55. The summed E-state index contributed by atoms with van der Waals surface area (Å²) in [5, 5.41) is 2.78. The average Bonchev–Trinajstić information content (AvgIpc) is 2.39. The number of aromatic nitrogens is 1. The Labute approximate surface area is 109 Å². The van der Waals surface area contributed by atoms with E-state index in [0.29, 0.717) is 11.1 Å². The van der Waals surface area contributed by atoms with E-state index >= 15 is 0 Å². The fourth-order valence-corrected chi connectivity index (χ4v) is 2.01. The van der Waals surface area contributed by atoms with Gasteiger partial charge in [0.2, 0.25) is 0 Å². The molecule has 0 aliphatic heterocycles. The van der Waals surface area contributed by atoms with Crippen molar-refractivity contribution in [2.24, 2.45) is 0 Å². The first-order chi connectivity index (χ1) is 9.04. The minimum Gasteiger partial charge on any atom is -0.309 e. The van der Waals surface area contributed by atoms with Crippen molar-refractivity contribution in [3.8, 4) is 0 Å². The quantitative estimate of drug-likeness (QED) is 0.923. The van der Waals surface area contributed by atoms with E-state index in [9.17, 15) is 13.2 Å². The molecule has 1 aromatic heterocycles. The van der Waals surface area contributed by atoms with E-state index < -0.39 is 23.5 Å². The van der Waals surface area contributed by atoms with Crippen molar-refractivity contribution in [3.05, 3.63) is 64.7 Å². The van der Waals surface area contributed by atoms with Crippen LogP contribution in [0.1, 0.15) is 22.7 Å². The van der Waals surface area contributed by atoms with Gasteiger partial charge in [0.15, 0.2) is 0 Å². The molecule has 1 N–H and O–H groups in total. The average molecular weight is 266 g/mol. The van der Waals surface area contributed by atoms with E-state index in [0.717, 1.165) is 6.20 Å². The van der Waals surface area contributed by atoms with Crippen LogP contribution in [0.3, 0.4) is 0 Å². The Morgan fingerprint density at radius 3 is 2.53 bits per heavy atom. The highest BCUT2D eigenvalue weighted by atomic mass is 19.1. The molecular formula is C14H13F3N2. The number of halogens is 3. The summed E-state index contributed by atoms with van der Waals surface area (Å²) in [5.41, 5.74) is 0.571. The van der Waals surface area contributed by atoms with Gasteiger partial charge in [-0.15, -0.1) is 0 Å². The molecule has 0 spiro atoms. The number of hydrogen-bond donors (Lipinski definition) is 1. The van der Waals surface area contributed by atoms with Gasteiger partial charge in [0, 0.05) is 11.8 Å². The lowest BCUT2D eigenvalue weighted by atomic mass is 9.97. The van der Waals surface area contributed by atoms with Crippen LogP contribution in [-0.4, -0.2) is 12.0 Å². The SMILES string of the molecule is CNC(c1cncc(F)c1)c1c(F)ccc(C)c1F. The van der Waals surface area contributed by atoms with E-state index in [1.807, 2.05) is 0 Å². The van der Waals surface area contributed by atoms with Crippen molar-refractivity contribution in [3.63, 3.8) is 0 Å². The maximum atomic E-state index is 14.1. The Morgan fingerprint density at radius 1 is 1.16 bits per heavy atom. The van der Waals surface area contributed by atoms with Gasteiger partial charge in [0.1, 0.15) is 17.5 Å². The number of rotatable bonds is 3. The van der Waals surface area contributed by atoms with E-state index in [2.05, 4.69) is 10.3 Å². The molecule has 2 nitrogen and oxygen atoms in total. The summed E-state index contributed by atoms with van der Waals surface area (Å²) in [4.78, 5) is 3.70. The smallest absolute Gasteiger partial charge is 0.141 e. The molecule has 1 aromatic carbocycles. The van der Waals surface area contributed by atoms with Crippen LogP contribution in [0, 0.1) is 24.4 Å². The molecule has 0 amide bonds. The van der Waals surface area contributed by atoms with Crippen molar-refractivity contribution in [1.29, 1.82) is 0 Å². The molecule has 0 fully saturated rings. The zero-order chi connectivity index (χ0) is 14.0. The molecule has 0 radical (unpaired) electrons. The topological polar surface area (TPSA) is 24.9 Å². The third kappa shape index (κ3) is 2.61. The molecule has 0 bridgehead atoms. The number of nitrogens with one attached hydrogen (secondary N) is 1. The van der Waals surface area contributed by atoms with Crippen molar-refractivity contribution in [2.45, 2.75) is 13.0 Å². The third-order valence-corrected chi connectivity index (χ3v) is 2.96. The molecule has 1 atom stereocenters. The summed E-state index contributed by atoms with van der Waals surface area (Å²) in [5.74, 6) is -1.86. The van der Waals surface area contributed by atoms with Crippen LogP contribution in [0.25, 0.3) is 0 Å². The maximum absolute atomic E-state index is 14.1. The highest BCUT2D eigenvalue weighted by Crippen LogP contribution is 2.28. The van der Waals surface area contributed by atoms with Crippen molar-refractivity contribution < 1.29 is 13.2 Å². The van der Waals surface area contributed by atoms with Crippen LogP contribution in [-0.2, 0) is 0 Å². The first kappa shape index (κ1) is 13.5. The van der Waals surface area contributed by atoms with Crippen LogP contribution >= 0.6 is 0 Å². The number of pyridine rings is 1. The predicted octanol–water partition coefficient (Wildman–Crippen LogP) is 3.12.